The van der Waals surface area contributed by atoms with Crippen molar-refractivity contribution >= 4 is 15.9 Å². The van der Waals surface area contributed by atoms with Crippen molar-refractivity contribution in [2.75, 3.05) is 20.8 Å². The molecule has 0 saturated carbocycles. The molecule has 96 valence electrons. The predicted octanol–water partition coefficient (Wildman–Crippen LogP) is 3.09. The SMILES string of the molecule is CCc1c(OC)c(OC)cc(Br)c1C(C)CN. The smallest absolute Gasteiger partial charge is 0.164 e. The highest BCUT2D eigenvalue weighted by Crippen LogP contribution is 2.41. The molecule has 1 aromatic rings. The number of halogens is 1. The summed E-state index contributed by atoms with van der Waals surface area (Å²) in [5.41, 5.74) is 8.14. The summed E-state index contributed by atoms with van der Waals surface area (Å²) >= 11 is 3.59. The molecule has 1 aromatic carbocycles. The van der Waals surface area contributed by atoms with Gasteiger partial charge in [-0.05, 0) is 30.5 Å². The molecule has 0 saturated heterocycles. The van der Waals surface area contributed by atoms with E-state index in [1.54, 1.807) is 14.2 Å². The highest BCUT2D eigenvalue weighted by Gasteiger charge is 2.20. The second-order valence-electron chi connectivity index (χ2n) is 3.98. The van der Waals surface area contributed by atoms with Crippen molar-refractivity contribution in [3.63, 3.8) is 0 Å². The van der Waals surface area contributed by atoms with Gasteiger partial charge in [0.25, 0.3) is 0 Å². The lowest BCUT2D eigenvalue weighted by Crippen LogP contribution is -2.12. The summed E-state index contributed by atoms with van der Waals surface area (Å²) in [6, 6.07) is 1.94. The number of ether oxygens (including phenoxy) is 2. The third-order valence-electron chi connectivity index (χ3n) is 2.96. The van der Waals surface area contributed by atoms with Gasteiger partial charge in [-0.25, -0.2) is 0 Å². The van der Waals surface area contributed by atoms with E-state index in [1.807, 2.05) is 6.07 Å². The minimum Gasteiger partial charge on any atom is -0.493 e. The van der Waals surface area contributed by atoms with Gasteiger partial charge in [0.05, 0.1) is 14.2 Å². The number of rotatable bonds is 5. The summed E-state index contributed by atoms with van der Waals surface area (Å²) in [7, 11) is 3.32. The van der Waals surface area contributed by atoms with Crippen molar-refractivity contribution in [2.24, 2.45) is 5.73 Å². The number of hydrogen-bond donors (Lipinski definition) is 1. The summed E-state index contributed by atoms with van der Waals surface area (Å²) in [5.74, 6) is 1.86. The van der Waals surface area contributed by atoms with Crippen molar-refractivity contribution in [3.05, 3.63) is 21.7 Å². The Bertz CT molecular complexity index is 393. The first kappa shape index (κ1) is 14.3. The molecule has 0 heterocycles. The Balaban J connectivity index is 3.48. The van der Waals surface area contributed by atoms with Gasteiger partial charge in [0, 0.05) is 10.0 Å². The maximum atomic E-state index is 5.77. The van der Waals surface area contributed by atoms with Gasteiger partial charge in [0.2, 0.25) is 0 Å². The van der Waals surface area contributed by atoms with Crippen LogP contribution in [0.1, 0.15) is 30.9 Å². The van der Waals surface area contributed by atoms with E-state index < -0.39 is 0 Å². The Morgan fingerprint density at radius 2 is 2.00 bits per heavy atom. The van der Waals surface area contributed by atoms with E-state index in [4.69, 9.17) is 15.2 Å². The van der Waals surface area contributed by atoms with E-state index in [1.165, 1.54) is 5.56 Å². The summed E-state index contributed by atoms with van der Waals surface area (Å²) in [5, 5.41) is 0. The quantitative estimate of drug-likeness (QED) is 0.909. The fourth-order valence-electron chi connectivity index (χ4n) is 2.05. The molecule has 0 fully saturated rings. The lowest BCUT2D eigenvalue weighted by atomic mass is 9.93. The first-order valence-electron chi connectivity index (χ1n) is 5.73. The van der Waals surface area contributed by atoms with Crippen LogP contribution < -0.4 is 15.2 Å². The lowest BCUT2D eigenvalue weighted by Gasteiger charge is -2.21. The van der Waals surface area contributed by atoms with Crippen LogP contribution in [0, 0.1) is 0 Å². The maximum Gasteiger partial charge on any atom is 0.164 e. The number of nitrogens with two attached hydrogens (primary N) is 1. The van der Waals surface area contributed by atoms with Gasteiger partial charge in [-0.2, -0.15) is 0 Å². The highest BCUT2D eigenvalue weighted by atomic mass is 79.9. The highest BCUT2D eigenvalue weighted by molar-refractivity contribution is 9.10. The molecule has 0 bridgehead atoms. The monoisotopic (exact) mass is 301 g/mol. The first-order valence-corrected chi connectivity index (χ1v) is 6.53. The minimum absolute atomic E-state index is 0.291. The Kier molecular flexibility index (Phi) is 5.28. The molecule has 17 heavy (non-hydrogen) atoms. The fraction of sp³-hybridized carbons (Fsp3) is 0.538. The van der Waals surface area contributed by atoms with Crippen LogP contribution in [0.5, 0.6) is 11.5 Å². The second kappa shape index (κ2) is 6.26. The van der Waals surface area contributed by atoms with Crippen LogP contribution in [0.25, 0.3) is 0 Å². The molecule has 1 rings (SSSR count). The van der Waals surface area contributed by atoms with E-state index in [-0.39, 0.29) is 0 Å². The summed E-state index contributed by atoms with van der Waals surface area (Å²) in [6.45, 7) is 4.84. The molecule has 0 aliphatic heterocycles. The van der Waals surface area contributed by atoms with Gasteiger partial charge in [-0.15, -0.1) is 0 Å². The van der Waals surface area contributed by atoms with Crippen LogP contribution in [-0.2, 0) is 6.42 Å². The molecule has 0 aliphatic carbocycles. The molecule has 0 radical (unpaired) electrons. The Morgan fingerprint density at radius 1 is 1.35 bits per heavy atom. The van der Waals surface area contributed by atoms with Gasteiger partial charge in [0.1, 0.15) is 0 Å². The van der Waals surface area contributed by atoms with Crippen LogP contribution in [0.4, 0.5) is 0 Å². The van der Waals surface area contributed by atoms with E-state index >= 15 is 0 Å². The zero-order valence-corrected chi connectivity index (χ0v) is 12.4. The molecule has 0 aliphatic rings. The van der Waals surface area contributed by atoms with Crippen LogP contribution in [0.3, 0.4) is 0 Å². The second-order valence-corrected chi connectivity index (χ2v) is 4.83. The summed E-state index contributed by atoms with van der Waals surface area (Å²) < 4.78 is 11.8. The summed E-state index contributed by atoms with van der Waals surface area (Å²) in [4.78, 5) is 0. The van der Waals surface area contributed by atoms with E-state index in [0.717, 1.165) is 28.0 Å². The molecule has 3 nitrogen and oxygen atoms in total. The number of hydrogen-bond acceptors (Lipinski definition) is 3. The fourth-order valence-corrected chi connectivity index (χ4v) is 2.89. The number of benzene rings is 1. The molecule has 0 spiro atoms. The Morgan fingerprint density at radius 3 is 2.41 bits per heavy atom. The van der Waals surface area contributed by atoms with Crippen molar-refractivity contribution < 1.29 is 9.47 Å². The molecular formula is C13H20BrNO2. The zero-order chi connectivity index (χ0) is 13.0. The minimum atomic E-state index is 0.291. The molecule has 0 aromatic heterocycles. The topological polar surface area (TPSA) is 44.5 Å². The third-order valence-corrected chi connectivity index (χ3v) is 3.62. The van der Waals surface area contributed by atoms with Crippen LogP contribution in [0.15, 0.2) is 10.5 Å². The summed E-state index contributed by atoms with van der Waals surface area (Å²) in [6.07, 6.45) is 0.888. The van der Waals surface area contributed by atoms with Gasteiger partial charge in [-0.1, -0.05) is 29.8 Å². The average molecular weight is 302 g/mol. The normalized spacial score (nSPS) is 12.4. The standard InChI is InChI=1S/C13H20BrNO2/c1-5-9-12(8(2)7-15)10(14)6-11(16-3)13(9)17-4/h6,8H,5,7,15H2,1-4H3. The predicted molar refractivity (Wildman–Crippen MR) is 74.1 cm³/mol. The molecular weight excluding hydrogens is 282 g/mol. The van der Waals surface area contributed by atoms with Crippen LogP contribution >= 0.6 is 15.9 Å². The van der Waals surface area contributed by atoms with E-state index in [0.29, 0.717) is 12.5 Å². The van der Waals surface area contributed by atoms with Gasteiger partial charge < -0.3 is 15.2 Å². The molecule has 2 N–H and O–H groups in total. The van der Waals surface area contributed by atoms with E-state index in [9.17, 15) is 0 Å². The molecule has 1 unspecified atom stereocenters. The first-order chi connectivity index (χ1) is 8.10. The zero-order valence-electron chi connectivity index (χ0n) is 10.8. The Hall–Kier alpha value is -0.740. The maximum absolute atomic E-state index is 5.77. The molecule has 1 atom stereocenters. The largest absolute Gasteiger partial charge is 0.493 e. The number of methoxy groups -OCH3 is 2. The van der Waals surface area contributed by atoms with Crippen molar-refractivity contribution in [2.45, 2.75) is 26.2 Å². The third kappa shape index (κ3) is 2.75. The molecule has 0 amide bonds. The van der Waals surface area contributed by atoms with Crippen molar-refractivity contribution in [3.8, 4) is 11.5 Å². The van der Waals surface area contributed by atoms with Gasteiger partial charge in [-0.3, -0.25) is 0 Å². The Labute approximate surface area is 111 Å². The van der Waals surface area contributed by atoms with Gasteiger partial charge >= 0.3 is 0 Å². The van der Waals surface area contributed by atoms with E-state index in [2.05, 4.69) is 29.8 Å². The molecule has 4 heteroatoms. The van der Waals surface area contributed by atoms with Crippen LogP contribution in [0.2, 0.25) is 0 Å². The van der Waals surface area contributed by atoms with Gasteiger partial charge in [0.15, 0.2) is 11.5 Å². The average Bonchev–Trinajstić information content (AvgIpc) is 2.36. The lowest BCUT2D eigenvalue weighted by molar-refractivity contribution is 0.350. The van der Waals surface area contributed by atoms with Crippen LogP contribution in [-0.4, -0.2) is 20.8 Å². The van der Waals surface area contributed by atoms with Crippen molar-refractivity contribution in [1.29, 1.82) is 0 Å². The van der Waals surface area contributed by atoms with Crippen molar-refractivity contribution in [1.82, 2.24) is 0 Å².